The van der Waals surface area contributed by atoms with Gasteiger partial charge in [0, 0.05) is 19.7 Å². The number of methoxy groups -OCH3 is 1. The van der Waals surface area contributed by atoms with E-state index in [0.29, 0.717) is 6.04 Å². The van der Waals surface area contributed by atoms with Crippen LogP contribution in [-0.4, -0.2) is 26.3 Å². The monoisotopic (exact) mass is 185 g/mol. The predicted molar refractivity (Wildman–Crippen MR) is 55.8 cm³/mol. The van der Waals surface area contributed by atoms with Gasteiger partial charge in [-0.05, 0) is 18.8 Å². The van der Waals surface area contributed by atoms with E-state index in [2.05, 4.69) is 19.2 Å². The molecular weight excluding hydrogens is 162 g/mol. The van der Waals surface area contributed by atoms with Crippen LogP contribution < -0.4 is 5.32 Å². The van der Waals surface area contributed by atoms with Gasteiger partial charge in [0.25, 0.3) is 0 Å². The van der Waals surface area contributed by atoms with Crippen molar-refractivity contribution >= 4 is 0 Å². The van der Waals surface area contributed by atoms with Gasteiger partial charge in [0.15, 0.2) is 0 Å². The summed E-state index contributed by atoms with van der Waals surface area (Å²) < 4.78 is 5.01. The first-order valence-corrected chi connectivity index (χ1v) is 5.48. The average Bonchev–Trinajstić information content (AvgIpc) is 2.01. The van der Waals surface area contributed by atoms with E-state index in [4.69, 9.17) is 4.74 Å². The number of rotatable bonds is 6. The van der Waals surface area contributed by atoms with Gasteiger partial charge < -0.3 is 10.1 Å². The standard InChI is InChI=1S/C11H23NO/c1-9(11-5-4-6-11)10(2)12-7-8-13-3/h9-12H,4-8H2,1-3H3. The Balaban J connectivity index is 2.09. The number of nitrogens with one attached hydrogen (secondary N) is 1. The zero-order valence-corrected chi connectivity index (χ0v) is 9.18. The van der Waals surface area contributed by atoms with Gasteiger partial charge in [-0.2, -0.15) is 0 Å². The van der Waals surface area contributed by atoms with Crippen LogP contribution in [0.15, 0.2) is 0 Å². The number of hydrogen-bond donors (Lipinski definition) is 1. The maximum Gasteiger partial charge on any atom is 0.0587 e. The molecule has 0 saturated heterocycles. The summed E-state index contributed by atoms with van der Waals surface area (Å²) in [6.45, 7) is 6.46. The Morgan fingerprint density at radius 3 is 2.54 bits per heavy atom. The van der Waals surface area contributed by atoms with Crippen molar-refractivity contribution in [1.29, 1.82) is 0 Å². The molecule has 0 amide bonds. The van der Waals surface area contributed by atoms with Gasteiger partial charge in [-0.25, -0.2) is 0 Å². The highest BCUT2D eigenvalue weighted by Crippen LogP contribution is 2.34. The average molecular weight is 185 g/mol. The third-order valence-corrected chi connectivity index (χ3v) is 3.45. The van der Waals surface area contributed by atoms with Crippen LogP contribution in [0.3, 0.4) is 0 Å². The van der Waals surface area contributed by atoms with Crippen molar-refractivity contribution in [3.05, 3.63) is 0 Å². The minimum absolute atomic E-state index is 0.639. The van der Waals surface area contributed by atoms with E-state index < -0.39 is 0 Å². The van der Waals surface area contributed by atoms with E-state index in [1.807, 2.05) is 0 Å². The van der Waals surface area contributed by atoms with Crippen molar-refractivity contribution in [2.75, 3.05) is 20.3 Å². The van der Waals surface area contributed by atoms with Gasteiger partial charge in [0.05, 0.1) is 6.61 Å². The summed E-state index contributed by atoms with van der Waals surface area (Å²) in [4.78, 5) is 0. The highest BCUT2D eigenvalue weighted by molar-refractivity contribution is 4.81. The lowest BCUT2D eigenvalue weighted by Gasteiger charge is -2.35. The van der Waals surface area contributed by atoms with Crippen molar-refractivity contribution in [3.8, 4) is 0 Å². The topological polar surface area (TPSA) is 21.3 Å². The number of ether oxygens (including phenoxy) is 1. The molecule has 0 aromatic heterocycles. The van der Waals surface area contributed by atoms with Gasteiger partial charge in [-0.15, -0.1) is 0 Å². The molecule has 1 fully saturated rings. The van der Waals surface area contributed by atoms with Crippen molar-refractivity contribution in [2.45, 2.75) is 39.2 Å². The predicted octanol–water partition coefficient (Wildman–Crippen LogP) is 2.05. The van der Waals surface area contributed by atoms with Crippen LogP contribution >= 0.6 is 0 Å². The minimum Gasteiger partial charge on any atom is -0.383 e. The summed E-state index contributed by atoms with van der Waals surface area (Å²) in [6, 6.07) is 0.639. The molecule has 0 spiro atoms. The summed E-state index contributed by atoms with van der Waals surface area (Å²) in [5, 5.41) is 3.51. The Hall–Kier alpha value is -0.0800. The summed E-state index contributed by atoms with van der Waals surface area (Å²) in [6.07, 6.45) is 4.33. The first kappa shape index (κ1) is 11.0. The Morgan fingerprint density at radius 1 is 1.38 bits per heavy atom. The summed E-state index contributed by atoms with van der Waals surface area (Å²) in [5.74, 6) is 1.80. The zero-order valence-electron chi connectivity index (χ0n) is 9.18. The molecule has 78 valence electrons. The van der Waals surface area contributed by atoms with E-state index in [1.54, 1.807) is 7.11 Å². The van der Waals surface area contributed by atoms with Crippen LogP contribution in [0.25, 0.3) is 0 Å². The van der Waals surface area contributed by atoms with Crippen molar-refractivity contribution in [3.63, 3.8) is 0 Å². The zero-order chi connectivity index (χ0) is 9.68. The third-order valence-electron chi connectivity index (χ3n) is 3.45. The number of hydrogen-bond acceptors (Lipinski definition) is 2. The maximum absolute atomic E-state index is 5.01. The van der Waals surface area contributed by atoms with E-state index >= 15 is 0 Å². The molecule has 0 heterocycles. The Morgan fingerprint density at radius 2 is 2.08 bits per heavy atom. The second-order valence-corrected chi connectivity index (χ2v) is 4.29. The summed E-state index contributed by atoms with van der Waals surface area (Å²) in [5.41, 5.74) is 0. The SMILES string of the molecule is COCCNC(C)C(C)C1CCC1. The Bertz CT molecular complexity index is 134. The molecule has 0 aromatic carbocycles. The Kier molecular flexibility index (Phi) is 4.74. The lowest BCUT2D eigenvalue weighted by molar-refractivity contribution is 0.162. The summed E-state index contributed by atoms with van der Waals surface area (Å²) in [7, 11) is 1.75. The largest absolute Gasteiger partial charge is 0.383 e. The van der Waals surface area contributed by atoms with Crippen LogP contribution in [-0.2, 0) is 4.74 Å². The molecule has 1 N–H and O–H groups in total. The molecule has 13 heavy (non-hydrogen) atoms. The molecule has 1 saturated carbocycles. The smallest absolute Gasteiger partial charge is 0.0587 e. The van der Waals surface area contributed by atoms with Gasteiger partial charge in [0.1, 0.15) is 0 Å². The second-order valence-electron chi connectivity index (χ2n) is 4.29. The molecule has 0 radical (unpaired) electrons. The highest BCUT2D eigenvalue weighted by Gasteiger charge is 2.27. The first-order chi connectivity index (χ1) is 6.25. The fourth-order valence-electron chi connectivity index (χ4n) is 1.95. The normalized spacial score (nSPS) is 22.4. The molecule has 1 aliphatic carbocycles. The van der Waals surface area contributed by atoms with Crippen molar-refractivity contribution in [1.82, 2.24) is 5.32 Å². The summed E-state index contributed by atoms with van der Waals surface area (Å²) >= 11 is 0. The van der Waals surface area contributed by atoms with E-state index in [0.717, 1.165) is 25.0 Å². The van der Waals surface area contributed by atoms with Crippen molar-refractivity contribution < 1.29 is 4.74 Å². The van der Waals surface area contributed by atoms with E-state index in [-0.39, 0.29) is 0 Å². The quantitative estimate of drug-likeness (QED) is 0.639. The van der Waals surface area contributed by atoms with Crippen LogP contribution in [0.1, 0.15) is 33.1 Å². The maximum atomic E-state index is 5.01. The van der Waals surface area contributed by atoms with Gasteiger partial charge in [0.2, 0.25) is 0 Å². The third kappa shape index (κ3) is 3.28. The molecule has 2 nitrogen and oxygen atoms in total. The molecule has 2 heteroatoms. The molecule has 0 aromatic rings. The van der Waals surface area contributed by atoms with E-state index in [9.17, 15) is 0 Å². The highest BCUT2D eigenvalue weighted by atomic mass is 16.5. The fourth-order valence-corrected chi connectivity index (χ4v) is 1.95. The molecule has 2 unspecified atom stereocenters. The van der Waals surface area contributed by atoms with Gasteiger partial charge in [-0.1, -0.05) is 26.2 Å². The lowest BCUT2D eigenvalue weighted by Crippen LogP contribution is -2.39. The lowest BCUT2D eigenvalue weighted by atomic mass is 9.74. The molecule has 1 rings (SSSR count). The molecule has 0 bridgehead atoms. The van der Waals surface area contributed by atoms with Gasteiger partial charge >= 0.3 is 0 Å². The molecule has 1 aliphatic rings. The second kappa shape index (κ2) is 5.61. The fraction of sp³-hybridized carbons (Fsp3) is 1.00. The molecule has 0 aliphatic heterocycles. The first-order valence-electron chi connectivity index (χ1n) is 5.48. The van der Waals surface area contributed by atoms with Gasteiger partial charge in [-0.3, -0.25) is 0 Å². The molecular formula is C11H23NO. The van der Waals surface area contributed by atoms with Crippen LogP contribution in [0.2, 0.25) is 0 Å². The Labute approximate surface area is 82.0 Å². The van der Waals surface area contributed by atoms with Crippen LogP contribution in [0, 0.1) is 11.8 Å². The van der Waals surface area contributed by atoms with Crippen LogP contribution in [0.5, 0.6) is 0 Å². The van der Waals surface area contributed by atoms with Crippen LogP contribution in [0.4, 0.5) is 0 Å². The minimum atomic E-state index is 0.639. The van der Waals surface area contributed by atoms with E-state index in [1.165, 1.54) is 19.3 Å². The molecule has 2 atom stereocenters. The van der Waals surface area contributed by atoms with Crippen molar-refractivity contribution in [2.24, 2.45) is 11.8 Å².